The molecule has 0 atom stereocenters. The SMILES string of the molecule is CNC(=O)Nc1cc2c(cc1OC)CCN2. The lowest BCUT2D eigenvalue weighted by atomic mass is 10.1. The third kappa shape index (κ3) is 1.88. The summed E-state index contributed by atoms with van der Waals surface area (Å²) in [5.41, 5.74) is 2.96. The van der Waals surface area contributed by atoms with E-state index < -0.39 is 0 Å². The smallest absolute Gasteiger partial charge is 0.319 e. The summed E-state index contributed by atoms with van der Waals surface area (Å²) in [5.74, 6) is 0.686. The Morgan fingerprint density at radius 2 is 2.31 bits per heavy atom. The average Bonchev–Trinajstić information content (AvgIpc) is 2.74. The minimum atomic E-state index is -0.253. The van der Waals surface area contributed by atoms with Crippen molar-refractivity contribution in [3.05, 3.63) is 17.7 Å². The van der Waals surface area contributed by atoms with Gasteiger partial charge in [0.1, 0.15) is 5.75 Å². The Morgan fingerprint density at radius 3 is 3.00 bits per heavy atom. The van der Waals surface area contributed by atoms with Gasteiger partial charge < -0.3 is 20.7 Å². The fourth-order valence-corrected chi connectivity index (χ4v) is 1.78. The van der Waals surface area contributed by atoms with Crippen LogP contribution in [0, 0.1) is 0 Å². The first-order chi connectivity index (χ1) is 7.74. The van der Waals surface area contributed by atoms with Crippen LogP contribution in [-0.2, 0) is 6.42 Å². The summed E-state index contributed by atoms with van der Waals surface area (Å²) in [6, 6.07) is 3.60. The molecule has 1 aromatic rings. The van der Waals surface area contributed by atoms with Crippen molar-refractivity contribution in [2.45, 2.75) is 6.42 Å². The maximum Gasteiger partial charge on any atom is 0.319 e. The molecule has 0 saturated carbocycles. The lowest BCUT2D eigenvalue weighted by Gasteiger charge is -2.12. The van der Waals surface area contributed by atoms with E-state index in [1.165, 1.54) is 5.56 Å². The fraction of sp³-hybridized carbons (Fsp3) is 0.364. The molecule has 0 spiro atoms. The van der Waals surface area contributed by atoms with E-state index in [2.05, 4.69) is 16.0 Å². The third-order valence-electron chi connectivity index (χ3n) is 2.61. The van der Waals surface area contributed by atoms with Gasteiger partial charge in [0, 0.05) is 19.3 Å². The fourth-order valence-electron chi connectivity index (χ4n) is 1.78. The van der Waals surface area contributed by atoms with Crippen LogP contribution in [-0.4, -0.2) is 26.7 Å². The number of benzene rings is 1. The van der Waals surface area contributed by atoms with Crippen LogP contribution >= 0.6 is 0 Å². The minimum Gasteiger partial charge on any atom is -0.495 e. The molecule has 16 heavy (non-hydrogen) atoms. The summed E-state index contributed by atoms with van der Waals surface area (Å²) in [7, 11) is 3.17. The average molecular weight is 221 g/mol. The quantitative estimate of drug-likeness (QED) is 0.707. The van der Waals surface area contributed by atoms with Crippen molar-refractivity contribution >= 4 is 17.4 Å². The zero-order valence-electron chi connectivity index (χ0n) is 9.39. The van der Waals surface area contributed by atoms with E-state index in [0.29, 0.717) is 11.4 Å². The summed E-state index contributed by atoms with van der Waals surface area (Å²) in [5, 5.41) is 8.49. The van der Waals surface area contributed by atoms with Gasteiger partial charge in [-0.25, -0.2) is 4.79 Å². The molecule has 1 aromatic carbocycles. The van der Waals surface area contributed by atoms with Crippen LogP contribution < -0.4 is 20.7 Å². The third-order valence-corrected chi connectivity index (χ3v) is 2.61. The van der Waals surface area contributed by atoms with Crippen molar-refractivity contribution in [1.29, 1.82) is 0 Å². The largest absolute Gasteiger partial charge is 0.495 e. The lowest BCUT2D eigenvalue weighted by Crippen LogP contribution is -2.24. The number of urea groups is 1. The summed E-state index contributed by atoms with van der Waals surface area (Å²) >= 11 is 0. The van der Waals surface area contributed by atoms with Gasteiger partial charge in [0.05, 0.1) is 12.8 Å². The number of hydrogen-bond donors (Lipinski definition) is 3. The monoisotopic (exact) mass is 221 g/mol. The molecule has 5 heteroatoms. The van der Waals surface area contributed by atoms with Crippen LogP contribution in [0.2, 0.25) is 0 Å². The molecular formula is C11H15N3O2. The van der Waals surface area contributed by atoms with Gasteiger partial charge in [-0.3, -0.25) is 0 Å². The first kappa shape index (κ1) is 10.6. The molecule has 0 unspecified atom stereocenters. The number of ether oxygens (including phenoxy) is 1. The van der Waals surface area contributed by atoms with Crippen molar-refractivity contribution in [3.8, 4) is 5.75 Å². The minimum absolute atomic E-state index is 0.253. The molecule has 5 nitrogen and oxygen atoms in total. The molecule has 0 aliphatic carbocycles. The second-order valence-electron chi connectivity index (χ2n) is 3.59. The number of carbonyl (C=O) groups excluding carboxylic acids is 1. The molecule has 0 saturated heterocycles. The Bertz CT molecular complexity index is 418. The molecule has 2 rings (SSSR count). The van der Waals surface area contributed by atoms with Crippen LogP contribution in [0.3, 0.4) is 0 Å². The highest BCUT2D eigenvalue weighted by Gasteiger charge is 2.15. The van der Waals surface area contributed by atoms with Crippen molar-refractivity contribution < 1.29 is 9.53 Å². The zero-order valence-corrected chi connectivity index (χ0v) is 9.39. The molecule has 1 aliphatic rings. The molecule has 0 aromatic heterocycles. The predicted octanol–water partition coefficient (Wildman–Crippen LogP) is 1.41. The number of carbonyl (C=O) groups is 1. The maximum atomic E-state index is 11.3. The normalized spacial score (nSPS) is 12.6. The molecule has 0 fully saturated rings. The first-order valence-corrected chi connectivity index (χ1v) is 5.18. The highest BCUT2D eigenvalue weighted by atomic mass is 16.5. The Hall–Kier alpha value is -1.91. The van der Waals surface area contributed by atoms with Gasteiger partial charge in [-0.15, -0.1) is 0 Å². The van der Waals surface area contributed by atoms with Gasteiger partial charge in [-0.05, 0) is 24.1 Å². The Balaban J connectivity index is 2.32. The Labute approximate surface area is 94.2 Å². The zero-order chi connectivity index (χ0) is 11.5. The van der Waals surface area contributed by atoms with Gasteiger partial charge in [-0.2, -0.15) is 0 Å². The second kappa shape index (κ2) is 4.30. The number of fused-ring (bicyclic) bond motifs is 1. The van der Waals surface area contributed by atoms with E-state index in [-0.39, 0.29) is 6.03 Å². The number of rotatable bonds is 2. The van der Waals surface area contributed by atoms with Crippen LogP contribution in [0.1, 0.15) is 5.56 Å². The topological polar surface area (TPSA) is 62.4 Å². The molecule has 0 radical (unpaired) electrons. The highest BCUT2D eigenvalue weighted by molar-refractivity contribution is 5.92. The van der Waals surface area contributed by atoms with E-state index in [9.17, 15) is 4.79 Å². The van der Waals surface area contributed by atoms with Crippen molar-refractivity contribution in [1.82, 2.24) is 5.32 Å². The van der Waals surface area contributed by atoms with Crippen LogP contribution in [0.5, 0.6) is 5.75 Å². The van der Waals surface area contributed by atoms with Gasteiger partial charge >= 0.3 is 6.03 Å². The molecule has 1 heterocycles. The van der Waals surface area contributed by atoms with Gasteiger partial charge in [0.25, 0.3) is 0 Å². The van der Waals surface area contributed by atoms with Crippen molar-refractivity contribution in [3.63, 3.8) is 0 Å². The Morgan fingerprint density at radius 1 is 1.50 bits per heavy atom. The molecule has 3 N–H and O–H groups in total. The van der Waals surface area contributed by atoms with E-state index in [0.717, 1.165) is 18.7 Å². The van der Waals surface area contributed by atoms with Gasteiger partial charge in [-0.1, -0.05) is 0 Å². The first-order valence-electron chi connectivity index (χ1n) is 5.18. The van der Waals surface area contributed by atoms with Gasteiger partial charge in [0.15, 0.2) is 0 Å². The number of hydrogen-bond acceptors (Lipinski definition) is 3. The van der Waals surface area contributed by atoms with Crippen LogP contribution in [0.25, 0.3) is 0 Å². The summed E-state index contributed by atoms with van der Waals surface area (Å²) < 4.78 is 5.25. The van der Waals surface area contributed by atoms with Crippen molar-refractivity contribution in [2.24, 2.45) is 0 Å². The molecule has 0 bridgehead atoms. The second-order valence-corrected chi connectivity index (χ2v) is 3.59. The van der Waals surface area contributed by atoms with Gasteiger partial charge in [0.2, 0.25) is 0 Å². The van der Waals surface area contributed by atoms with Crippen molar-refractivity contribution in [2.75, 3.05) is 31.3 Å². The number of methoxy groups -OCH3 is 1. The Kier molecular flexibility index (Phi) is 2.85. The van der Waals surface area contributed by atoms with E-state index in [4.69, 9.17) is 4.74 Å². The number of amides is 2. The van der Waals surface area contributed by atoms with E-state index in [1.807, 2.05) is 12.1 Å². The molecular weight excluding hydrogens is 206 g/mol. The molecule has 86 valence electrons. The predicted molar refractivity (Wildman–Crippen MR) is 63.3 cm³/mol. The highest BCUT2D eigenvalue weighted by Crippen LogP contribution is 2.34. The van der Waals surface area contributed by atoms with E-state index in [1.54, 1.807) is 14.2 Å². The molecule has 1 aliphatic heterocycles. The number of anilines is 2. The standard InChI is InChI=1S/C11H15N3O2/c1-12-11(15)14-9-6-8-7(3-4-13-8)5-10(9)16-2/h5-6,13H,3-4H2,1-2H3,(H2,12,14,15). The molecule has 2 amide bonds. The maximum absolute atomic E-state index is 11.3. The summed E-state index contributed by atoms with van der Waals surface area (Å²) in [6.45, 7) is 0.932. The lowest BCUT2D eigenvalue weighted by molar-refractivity contribution is 0.254. The van der Waals surface area contributed by atoms with E-state index >= 15 is 0 Å². The van der Waals surface area contributed by atoms with Crippen LogP contribution in [0.15, 0.2) is 12.1 Å². The number of nitrogens with one attached hydrogen (secondary N) is 3. The van der Waals surface area contributed by atoms with Crippen LogP contribution in [0.4, 0.5) is 16.2 Å². The summed E-state index contributed by atoms with van der Waals surface area (Å²) in [6.07, 6.45) is 0.992. The summed E-state index contributed by atoms with van der Waals surface area (Å²) in [4.78, 5) is 11.3.